The van der Waals surface area contributed by atoms with Crippen molar-refractivity contribution in [2.45, 2.75) is 9.79 Å². The Morgan fingerprint density at radius 3 is 2.23 bits per heavy atom. The van der Waals surface area contributed by atoms with E-state index < -0.39 is 69.9 Å². The number of rotatable bonds is 6. The predicted octanol–water partition coefficient (Wildman–Crippen LogP) is 0.00120. The molecule has 1 aliphatic heterocycles. The van der Waals surface area contributed by atoms with Gasteiger partial charge in [-0.25, -0.2) is 4.79 Å². The highest BCUT2D eigenvalue weighted by Crippen LogP contribution is 2.45. The molecule has 0 radical (unpaired) electrons. The third kappa shape index (κ3) is 4.80. The van der Waals surface area contributed by atoms with Crippen molar-refractivity contribution in [2.24, 2.45) is 0 Å². The average Bonchev–Trinajstić information content (AvgIpc) is 2.83. The molecule has 0 fully saturated rings. The van der Waals surface area contributed by atoms with Gasteiger partial charge in [-0.15, -0.1) is 6.42 Å². The normalized spacial score (nSPS) is 11.8. The van der Waals surface area contributed by atoms with Crippen molar-refractivity contribution in [1.82, 2.24) is 5.32 Å². The number of hydrogen-bond acceptors (Lipinski definition) is 8. The summed E-state index contributed by atoms with van der Waals surface area (Å²) in [5.74, 6) is -0.624. The van der Waals surface area contributed by atoms with Crippen molar-refractivity contribution in [1.29, 1.82) is 0 Å². The molecule has 39 heavy (non-hydrogen) atoms. The van der Waals surface area contributed by atoms with Crippen LogP contribution in [0.25, 0.3) is 33.4 Å². The molecule has 0 unspecified atom stereocenters. The maximum atomic E-state index is 12.4. The summed E-state index contributed by atoms with van der Waals surface area (Å²) in [5, 5.41) is 17.6. The number of benzene rings is 3. The summed E-state index contributed by atoms with van der Waals surface area (Å²) in [6.45, 7) is -0.127. The van der Waals surface area contributed by atoms with Crippen LogP contribution in [0.4, 0.5) is 5.69 Å². The van der Waals surface area contributed by atoms with Gasteiger partial charge in [0.25, 0.3) is 16.0 Å². The number of amides is 1. The number of aromatic carboxylic acids is 1. The van der Waals surface area contributed by atoms with Crippen LogP contribution < -0.4 is 21.8 Å². The van der Waals surface area contributed by atoms with Crippen molar-refractivity contribution in [2.75, 3.05) is 12.3 Å². The van der Waals surface area contributed by atoms with E-state index in [1.807, 2.05) is 0 Å². The number of anilines is 1. The fourth-order valence-corrected chi connectivity index (χ4v) is 5.64. The van der Waals surface area contributed by atoms with Gasteiger partial charge in [-0.1, -0.05) is 12.0 Å². The number of carbonyl (C=O) groups excluding carboxylic acids is 1. The Labute approximate surface area is 220 Å². The zero-order chi connectivity index (χ0) is 28.9. The maximum absolute atomic E-state index is 12.4. The molecule has 0 saturated heterocycles. The van der Waals surface area contributed by atoms with E-state index in [1.54, 1.807) is 0 Å². The molecule has 0 bridgehead atoms. The van der Waals surface area contributed by atoms with Crippen LogP contribution in [0.3, 0.4) is 0 Å². The predicted molar refractivity (Wildman–Crippen MR) is 135 cm³/mol. The monoisotopic (exact) mass is 572 g/mol. The Hall–Kier alpha value is -4.75. The molecule has 0 aromatic heterocycles. The van der Waals surface area contributed by atoms with Crippen LogP contribution >= 0.6 is 0 Å². The summed E-state index contributed by atoms with van der Waals surface area (Å²) in [6, 6.07) is 8.28. The van der Waals surface area contributed by atoms with Gasteiger partial charge in [0, 0.05) is 28.1 Å². The van der Waals surface area contributed by atoms with Crippen LogP contribution in [0.15, 0.2) is 56.7 Å². The molecular formula is C24H18N3O10S2+. The summed E-state index contributed by atoms with van der Waals surface area (Å²) >= 11 is 0. The molecule has 13 nitrogen and oxygen atoms in total. The van der Waals surface area contributed by atoms with E-state index in [0.717, 1.165) is 18.2 Å². The summed E-state index contributed by atoms with van der Waals surface area (Å²) in [5.41, 5.74) is 3.82. The molecule has 15 heteroatoms. The number of carbonyl (C=O) groups is 2. The van der Waals surface area contributed by atoms with Gasteiger partial charge in [-0.05, 0) is 35.9 Å². The van der Waals surface area contributed by atoms with Crippen molar-refractivity contribution >= 4 is 48.8 Å². The van der Waals surface area contributed by atoms with Gasteiger partial charge in [0.2, 0.25) is 10.3 Å². The van der Waals surface area contributed by atoms with Gasteiger partial charge in [-0.2, -0.15) is 16.8 Å². The third-order valence-electron chi connectivity index (χ3n) is 5.68. The lowest BCUT2D eigenvalue weighted by atomic mass is 9.89. The molecule has 1 heterocycles. The number of hydrogen-bond donors (Lipinski definition) is 6. The van der Waals surface area contributed by atoms with Crippen LogP contribution in [0.5, 0.6) is 0 Å². The molecule has 8 N–H and O–H groups in total. The summed E-state index contributed by atoms with van der Waals surface area (Å²) in [4.78, 5) is 22.8. The number of nitrogen functional groups attached to an aromatic ring is 1. The van der Waals surface area contributed by atoms with Gasteiger partial charge in [0.1, 0.15) is 0 Å². The second kappa shape index (κ2) is 9.53. The van der Waals surface area contributed by atoms with E-state index in [-0.39, 0.29) is 34.2 Å². The number of terminal acetylenes is 1. The van der Waals surface area contributed by atoms with Crippen molar-refractivity contribution in [3.63, 3.8) is 0 Å². The van der Waals surface area contributed by atoms with Crippen LogP contribution in [0.1, 0.15) is 20.7 Å². The minimum Gasteiger partial charge on any atom is -0.478 e. The van der Waals surface area contributed by atoms with Gasteiger partial charge < -0.3 is 20.6 Å². The van der Waals surface area contributed by atoms with Crippen molar-refractivity contribution < 1.29 is 50.5 Å². The first kappa shape index (κ1) is 27.3. The second-order valence-electron chi connectivity index (χ2n) is 8.10. The molecule has 2 aliphatic rings. The van der Waals surface area contributed by atoms with Crippen LogP contribution in [-0.4, -0.2) is 49.5 Å². The fourth-order valence-electron chi connectivity index (χ4n) is 4.14. The van der Waals surface area contributed by atoms with Crippen molar-refractivity contribution in [3.8, 4) is 34.8 Å². The Morgan fingerprint density at radius 1 is 1.00 bits per heavy atom. The minimum absolute atomic E-state index is 0.0774. The van der Waals surface area contributed by atoms with Crippen LogP contribution in [0.2, 0.25) is 0 Å². The average molecular weight is 573 g/mol. The first-order valence-electron chi connectivity index (χ1n) is 10.6. The Kier molecular flexibility index (Phi) is 6.67. The van der Waals surface area contributed by atoms with E-state index in [4.69, 9.17) is 22.0 Å². The van der Waals surface area contributed by atoms with Crippen molar-refractivity contribution in [3.05, 3.63) is 58.9 Å². The van der Waals surface area contributed by atoms with Gasteiger partial charge in [0.15, 0.2) is 16.2 Å². The largest absolute Gasteiger partial charge is 0.478 e. The molecule has 1 aliphatic carbocycles. The zero-order valence-corrected chi connectivity index (χ0v) is 21.1. The summed E-state index contributed by atoms with van der Waals surface area (Å²) in [7, 11) is -10.2. The Morgan fingerprint density at radius 2 is 1.64 bits per heavy atom. The summed E-state index contributed by atoms with van der Waals surface area (Å²) in [6.07, 6.45) is 5.14. The van der Waals surface area contributed by atoms with E-state index in [0.29, 0.717) is 0 Å². The maximum Gasteiger partial charge on any atom is 0.336 e. The number of carboxylic acids is 1. The van der Waals surface area contributed by atoms with Crippen LogP contribution in [-0.2, 0) is 20.2 Å². The molecule has 0 spiro atoms. The molecule has 0 atom stereocenters. The first-order chi connectivity index (χ1) is 18.2. The van der Waals surface area contributed by atoms with E-state index in [1.165, 1.54) is 24.3 Å². The molecular weight excluding hydrogens is 554 g/mol. The second-order valence-corrected chi connectivity index (χ2v) is 10.8. The molecule has 2 aromatic rings. The quantitative estimate of drug-likeness (QED) is 0.0777. The molecule has 2 aromatic carbocycles. The van der Waals surface area contributed by atoms with Crippen LogP contribution in [0, 0.1) is 12.3 Å². The lowest BCUT2D eigenvalue weighted by Gasteiger charge is -2.19. The Balaban J connectivity index is 2.26. The molecule has 4 rings (SSSR count). The zero-order valence-electron chi connectivity index (χ0n) is 19.5. The van der Waals surface area contributed by atoms with Gasteiger partial charge in [-0.3, -0.25) is 19.3 Å². The lowest BCUT2D eigenvalue weighted by Crippen LogP contribution is -2.47. The highest BCUT2D eigenvalue weighted by Gasteiger charge is 2.33. The third-order valence-corrected chi connectivity index (χ3v) is 7.55. The number of nitrogens with one attached hydrogen (secondary N) is 1. The highest BCUT2D eigenvalue weighted by molar-refractivity contribution is 7.86. The summed E-state index contributed by atoms with van der Waals surface area (Å²) < 4.78 is 74.4. The molecule has 1 amide bonds. The molecule has 200 valence electrons. The first-order valence-corrected chi connectivity index (χ1v) is 13.5. The Bertz CT molecular complexity index is 2010. The smallest absolute Gasteiger partial charge is 0.336 e. The standard InChI is InChI=1S/C24H17N3O10S2/c1-2-9-27-23(28)11-3-4-12(15(10-11)24(29)30)18-13-5-7-16(25)21(38(31,32)33)19(13)37-20-14(18)6-8-17(26)22(20)39(34,35)36/h1,3-8,10,25H,9,26H2,(H,27,28)(H,29,30)(H,31,32,33)(H,34,35,36)/p+1. The fraction of sp³-hybridized carbons (Fsp3) is 0.0417. The minimum atomic E-state index is -5.09. The van der Waals surface area contributed by atoms with E-state index in [2.05, 4.69) is 11.2 Å². The lowest BCUT2D eigenvalue weighted by molar-refractivity contribution is -0.176. The SMILES string of the molecule is C#CCNC(=O)c1ccc(-c2c3ccc(=[NH2+])c(S(=O)(=O)O)c-3oc3c(S(=O)(=O)O)c(N)ccc23)c(C(=O)O)c1. The van der Waals surface area contributed by atoms with Gasteiger partial charge >= 0.3 is 16.1 Å². The van der Waals surface area contributed by atoms with E-state index >= 15 is 0 Å². The topological polar surface area (TPSA) is 240 Å². The van der Waals surface area contributed by atoms with E-state index in [9.17, 15) is 40.6 Å². The molecule has 0 saturated carbocycles. The highest BCUT2D eigenvalue weighted by atomic mass is 32.2. The number of carboxylic acid groups (broad SMARTS) is 1. The number of nitrogens with two attached hydrogens (primary N) is 2. The van der Waals surface area contributed by atoms with Gasteiger partial charge in [0.05, 0.1) is 17.8 Å². The number of fused-ring (bicyclic) bond motifs is 2.